The van der Waals surface area contributed by atoms with Gasteiger partial charge in [-0.05, 0) is 38.5 Å². The summed E-state index contributed by atoms with van der Waals surface area (Å²) < 4.78 is 69.4. The highest BCUT2D eigenvalue weighted by Crippen LogP contribution is 2.34. The average Bonchev–Trinajstić information content (AvgIpc) is 3.33. The topological polar surface area (TPSA) is 351 Å². The Morgan fingerprint density at radius 2 is 1.17 bits per heavy atom. The molecular formula is C46H86N2O23. The second kappa shape index (κ2) is 33.9. The second-order valence-electron chi connectivity index (χ2n) is 18.2. The lowest BCUT2D eigenvalue weighted by Gasteiger charge is -2.50. The molecule has 0 spiro atoms. The van der Waals surface area contributed by atoms with Gasteiger partial charge in [0.1, 0.15) is 73.2 Å². The van der Waals surface area contributed by atoms with Crippen molar-refractivity contribution >= 4 is 11.8 Å². The zero-order valence-electron chi connectivity index (χ0n) is 42.3. The van der Waals surface area contributed by atoms with Crippen LogP contribution in [0.2, 0.25) is 0 Å². The first kappa shape index (κ1) is 63.4. The Balaban J connectivity index is 1.80. The molecular weight excluding hydrogens is 948 g/mol. The van der Waals surface area contributed by atoms with Crippen molar-refractivity contribution in [3.05, 3.63) is 0 Å². The lowest BCUT2D eigenvalue weighted by molar-refractivity contribution is -0.343. The van der Waals surface area contributed by atoms with E-state index >= 15 is 0 Å². The molecule has 418 valence electrons. The van der Waals surface area contributed by atoms with Crippen LogP contribution in [0.3, 0.4) is 0 Å². The third kappa shape index (κ3) is 20.6. The van der Waals surface area contributed by atoms with Crippen molar-refractivity contribution < 1.29 is 112 Å². The number of nitrogens with one attached hydrogen (secondary N) is 2. The number of carbonyl (C=O) groups excluding carboxylic acids is 2. The molecule has 0 aromatic heterocycles. The largest absolute Gasteiger partial charge is 0.394 e. The predicted octanol–water partition coefficient (Wildman–Crippen LogP) is -3.42. The van der Waals surface area contributed by atoms with E-state index in [0.29, 0.717) is 39.6 Å². The van der Waals surface area contributed by atoms with Crippen LogP contribution < -0.4 is 10.6 Å². The Morgan fingerprint density at radius 3 is 1.76 bits per heavy atom. The normalized spacial score (nSPS) is 33.1. The van der Waals surface area contributed by atoms with Crippen LogP contribution in [0.4, 0.5) is 0 Å². The lowest BCUT2D eigenvalue weighted by Crippen LogP contribution is -2.70. The van der Waals surface area contributed by atoms with Crippen molar-refractivity contribution in [2.45, 2.75) is 191 Å². The van der Waals surface area contributed by atoms with Gasteiger partial charge in [-0.25, -0.2) is 0 Å². The van der Waals surface area contributed by atoms with Crippen molar-refractivity contribution in [2.75, 3.05) is 85.9 Å². The van der Waals surface area contributed by atoms with E-state index in [1.165, 1.54) is 13.8 Å². The smallest absolute Gasteiger partial charge is 0.217 e. The molecule has 0 radical (unpaired) electrons. The molecule has 3 aliphatic heterocycles. The van der Waals surface area contributed by atoms with E-state index in [-0.39, 0.29) is 45.4 Å². The summed E-state index contributed by atoms with van der Waals surface area (Å²) >= 11 is 0. The first-order valence-electron chi connectivity index (χ1n) is 24.9. The highest BCUT2D eigenvalue weighted by molar-refractivity contribution is 5.73. The fourth-order valence-corrected chi connectivity index (χ4v) is 8.24. The molecule has 11 N–H and O–H groups in total. The highest BCUT2D eigenvalue weighted by atomic mass is 16.7. The van der Waals surface area contributed by atoms with Gasteiger partial charge in [0, 0.05) is 46.9 Å². The summed E-state index contributed by atoms with van der Waals surface area (Å²) in [6, 6.07) is -2.67. The minimum absolute atomic E-state index is 0.0145. The molecule has 2 amide bonds. The zero-order valence-corrected chi connectivity index (χ0v) is 42.3. The van der Waals surface area contributed by atoms with E-state index in [1.54, 1.807) is 13.8 Å². The quantitative estimate of drug-likeness (QED) is 0.0218. The summed E-state index contributed by atoms with van der Waals surface area (Å²) in [5.74, 6) is -1.55. The van der Waals surface area contributed by atoms with Crippen LogP contribution in [0, 0.1) is 5.92 Å². The molecule has 3 aliphatic rings. The molecule has 3 rings (SSSR count). The number of ether oxygens (including phenoxy) is 12. The van der Waals surface area contributed by atoms with Gasteiger partial charge in [0.05, 0.1) is 77.2 Å². The molecule has 3 saturated heterocycles. The Bertz CT molecular complexity index is 1440. The molecule has 0 aliphatic carbocycles. The summed E-state index contributed by atoms with van der Waals surface area (Å²) in [7, 11) is 0. The first-order valence-corrected chi connectivity index (χ1v) is 24.9. The first-order chi connectivity index (χ1) is 33.9. The molecule has 0 bridgehead atoms. The van der Waals surface area contributed by atoms with E-state index in [1.807, 2.05) is 13.8 Å². The molecule has 25 nitrogen and oxygen atoms in total. The Labute approximate surface area is 416 Å². The number of hydrogen-bond acceptors (Lipinski definition) is 23. The Kier molecular flexibility index (Phi) is 30.3. The third-order valence-corrected chi connectivity index (χ3v) is 11.9. The zero-order chi connectivity index (χ0) is 52.6. The number of rotatable bonds is 35. The van der Waals surface area contributed by atoms with Crippen molar-refractivity contribution in [2.24, 2.45) is 5.92 Å². The number of amides is 2. The third-order valence-electron chi connectivity index (χ3n) is 11.9. The van der Waals surface area contributed by atoms with Crippen LogP contribution in [0.5, 0.6) is 0 Å². The second-order valence-corrected chi connectivity index (χ2v) is 18.2. The van der Waals surface area contributed by atoms with Crippen LogP contribution in [0.1, 0.15) is 74.1 Å². The molecule has 0 saturated carbocycles. The number of hydrogen-bond donors (Lipinski definition) is 11. The summed E-state index contributed by atoms with van der Waals surface area (Å²) in [6.07, 6.45) is -24.0. The van der Waals surface area contributed by atoms with Gasteiger partial charge in [-0.2, -0.15) is 0 Å². The summed E-state index contributed by atoms with van der Waals surface area (Å²) in [6.45, 7) is 13.3. The Morgan fingerprint density at radius 1 is 0.620 bits per heavy atom. The molecule has 3 fully saturated rings. The monoisotopic (exact) mass is 1030 g/mol. The molecule has 3 heterocycles. The van der Waals surface area contributed by atoms with Crippen molar-refractivity contribution in [3.8, 4) is 0 Å². The highest BCUT2D eigenvalue weighted by Gasteiger charge is 2.54. The maximum Gasteiger partial charge on any atom is 0.217 e. The van der Waals surface area contributed by atoms with Gasteiger partial charge in [0.15, 0.2) is 18.9 Å². The number of carbonyl (C=O) groups is 2. The van der Waals surface area contributed by atoms with Gasteiger partial charge >= 0.3 is 0 Å². The fraction of sp³-hybridized carbons (Fsp3) is 0.957. The van der Waals surface area contributed by atoms with Crippen molar-refractivity contribution in [1.82, 2.24) is 10.6 Å². The maximum atomic E-state index is 12.7. The predicted molar refractivity (Wildman–Crippen MR) is 246 cm³/mol. The minimum atomic E-state index is -2.22. The van der Waals surface area contributed by atoms with Crippen molar-refractivity contribution in [3.63, 3.8) is 0 Å². The number of aliphatic hydroxyl groups is 9. The molecule has 0 aromatic carbocycles. The van der Waals surface area contributed by atoms with Crippen LogP contribution >= 0.6 is 0 Å². The number of aliphatic hydroxyl groups excluding tert-OH is 9. The Hall–Kier alpha value is -1.90. The summed E-state index contributed by atoms with van der Waals surface area (Å²) in [4.78, 5) is 25.1. The molecule has 25 heteroatoms. The molecule has 19 atom stereocenters. The van der Waals surface area contributed by atoms with Crippen LogP contribution in [0.15, 0.2) is 0 Å². The standard InChI is InChI=1S/C46H86N2O23/c1-8-12-60-14-10-15-62-18-19-63-16-11-29(52)41(65-22-21-64-20-17-61-13-9-2)39(58)44(59)70-42-30(23-49)69-45(33(36(42)55)48-28(7)51)71-43-31(24-66-46-38(57)37(56)34(53)26(5)67-46)68-40(25(3)4)32(35(43)54)47-27(6)50/h25-26,29-46,49,52-59H,8-24H2,1-7H3,(H,47,50)(H,48,51)/t26-,29+,30?,31?,32?,33?,34+,35+,36+,37?,38?,39?,40-,41-,42+,43+,44-,45-,46+/m0/s1. The fourth-order valence-electron chi connectivity index (χ4n) is 8.24. The van der Waals surface area contributed by atoms with Gasteiger partial charge < -0.3 is 113 Å². The average molecular weight is 1040 g/mol. The molecule has 0 aromatic rings. The van der Waals surface area contributed by atoms with E-state index in [2.05, 4.69) is 10.6 Å². The molecule has 71 heavy (non-hydrogen) atoms. The van der Waals surface area contributed by atoms with Gasteiger partial charge in [0.2, 0.25) is 11.8 Å². The van der Waals surface area contributed by atoms with Crippen LogP contribution in [0.25, 0.3) is 0 Å². The summed E-state index contributed by atoms with van der Waals surface area (Å²) in [5, 5.41) is 105. The maximum absolute atomic E-state index is 12.7. The molecule has 7 unspecified atom stereocenters. The van der Waals surface area contributed by atoms with E-state index in [0.717, 1.165) is 26.2 Å². The minimum Gasteiger partial charge on any atom is -0.394 e. The lowest BCUT2D eigenvalue weighted by atomic mass is 9.87. The SMILES string of the molecule is CCCOCCCOCCOCC[C@@H](O)[C@H](OCCOCCOCCC)C(O)[C@@H](O)O[C@@H]1C(CO)O[C@@H](O[C@@H]2C(CO[C@@H]3O[C@@H](C)[C@@H](O)C(O)C3O)O[C@@H](C(C)C)C(NC(C)=O)[C@H]2O)C(NC(C)=O)[C@H]1O. The van der Waals surface area contributed by atoms with E-state index < -0.39 is 141 Å². The van der Waals surface area contributed by atoms with Crippen LogP contribution in [-0.4, -0.2) is 260 Å². The summed E-state index contributed by atoms with van der Waals surface area (Å²) in [5.41, 5.74) is 0. The van der Waals surface area contributed by atoms with Gasteiger partial charge in [-0.15, -0.1) is 0 Å². The van der Waals surface area contributed by atoms with Gasteiger partial charge in [-0.1, -0.05) is 27.7 Å². The van der Waals surface area contributed by atoms with E-state index in [9.17, 15) is 55.5 Å². The van der Waals surface area contributed by atoms with Gasteiger partial charge in [-0.3, -0.25) is 9.59 Å². The van der Waals surface area contributed by atoms with E-state index in [4.69, 9.17) is 56.8 Å². The van der Waals surface area contributed by atoms with Crippen LogP contribution in [-0.2, 0) is 66.4 Å². The van der Waals surface area contributed by atoms with Crippen molar-refractivity contribution in [1.29, 1.82) is 0 Å². The van der Waals surface area contributed by atoms with Gasteiger partial charge in [0.25, 0.3) is 0 Å².